The highest BCUT2D eigenvalue weighted by Crippen LogP contribution is 2.28. The van der Waals surface area contributed by atoms with Gasteiger partial charge in [0.25, 0.3) is 10.0 Å². The molecule has 6 nitrogen and oxygen atoms in total. The Balaban J connectivity index is 1.79. The summed E-state index contributed by atoms with van der Waals surface area (Å²) in [7, 11) is -2.50. The summed E-state index contributed by atoms with van der Waals surface area (Å²) in [5.41, 5.74) is 1.44. The van der Waals surface area contributed by atoms with Crippen molar-refractivity contribution in [2.24, 2.45) is 0 Å². The summed E-state index contributed by atoms with van der Waals surface area (Å²) in [6.07, 6.45) is 0.613. The quantitative estimate of drug-likeness (QED) is 0.661. The number of hydrogen-bond acceptors (Lipinski definition) is 5. The van der Waals surface area contributed by atoms with E-state index in [0.717, 1.165) is 11.1 Å². The molecular weight excluding hydrogens is 354 g/mol. The van der Waals surface area contributed by atoms with Crippen molar-refractivity contribution in [3.8, 4) is 5.75 Å². The van der Waals surface area contributed by atoms with E-state index in [1.165, 1.54) is 17.5 Å². The molecule has 0 spiro atoms. The van der Waals surface area contributed by atoms with E-state index in [1.54, 1.807) is 18.2 Å². The molecule has 0 N–H and O–H groups in total. The Bertz CT molecular complexity index is 1150. The third kappa shape index (κ3) is 2.69. The van der Waals surface area contributed by atoms with Crippen molar-refractivity contribution in [1.82, 2.24) is 4.31 Å². The van der Waals surface area contributed by atoms with Gasteiger partial charge in [0.2, 0.25) is 0 Å². The number of fused-ring (bicyclic) bond motifs is 2. The zero-order chi connectivity index (χ0) is 18.3. The summed E-state index contributed by atoms with van der Waals surface area (Å²) in [4.78, 5) is 12.1. The number of ether oxygens (including phenoxy) is 1. The van der Waals surface area contributed by atoms with Crippen molar-refractivity contribution >= 4 is 21.0 Å². The monoisotopic (exact) mass is 371 g/mol. The second kappa shape index (κ2) is 6.26. The summed E-state index contributed by atoms with van der Waals surface area (Å²) in [6.45, 7) is 0.572. The predicted molar refractivity (Wildman–Crippen MR) is 96.8 cm³/mol. The molecule has 0 amide bonds. The first-order valence-electron chi connectivity index (χ1n) is 8.18. The highest BCUT2D eigenvalue weighted by molar-refractivity contribution is 7.89. The average Bonchev–Trinajstić information content (AvgIpc) is 2.66. The van der Waals surface area contributed by atoms with Crippen molar-refractivity contribution in [2.45, 2.75) is 17.9 Å². The Morgan fingerprint density at radius 3 is 2.62 bits per heavy atom. The fourth-order valence-electron chi connectivity index (χ4n) is 3.25. The SMILES string of the molecule is COc1cccc2cc(S(=O)(=O)N3CCc4ccccc4C3)c(=O)oc12. The van der Waals surface area contributed by atoms with Crippen molar-refractivity contribution in [2.75, 3.05) is 13.7 Å². The van der Waals surface area contributed by atoms with E-state index >= 15 is 0 Å². The van der Waals surface area contributed by atoms with Gasteiger partial charge in [-0.05, 0) is 29.7 Å². The molecule has 0 aliphatic carbocycles. The maximum atomic E-state index is 13.1. The first-order valence-corrected chi connectivity index (χ1v) is 9.62. The third-order valence-corrected chi connectivity index (χ3v) is 6.46. The minimum absolute atomic E-state index is 0.239. The van der Waals surface area contributed by atoms with E-state index in [-0.39, 0.29) is 17.0 Å². The highest BCUT2D eigenvalue weighted by Gasteiger charge is 2.31. The maximum Gasteiger partial charge on any atom is 0.356 e. The molecule has 0 radical (unpaired) electrons. The number of nitrogens with zero attached hydrogens (tertiary/aromatic N) is 1. The average molecular weight is 371 g/mol. The van der Waals surface area contributed by atoms with Crippen molar-refractivity contribution in [3.05, 3.63) is 70.1 Å². The number of sulfonamides is 1. The van der Waals surface area contributed by atoms with Gasteiger partial charge in [-0.15, -0.1) is 0 Å². The van der Waals surface area contributed by atoms with Crippen LogP contribution in [0.1, 0.15) is 11.1 Å². The summed E-state index contributed by atoms with van der Waals surface area (Å²) >= 11 is 0. The van der Waals surface area contributed by atoms with E-state index < -0.39 is 15.6 Å². The van der Waals surface area contributed by atoms with Gasteiger partial charge in [0.05, 0.1) is 7.11 Å². The van der Waals surface area contributed by atoms with Crippen LogP contribution in [0.25, 0.3) is 11.0 Å². The number of hydrogen-bond donors (Lipinski definition) is 0. The zero-order valence-corrected chi connectivity index (χ0v) is 15.0. The van der Waals surface area contributed by atoms with Gasteiger partial charge in [0, 0.05) is 18.5 Å². The molecule has 2 heterocycles. The molecule has 0 fully saturated rings. The third-order valence-electron chi connectivity index (χ3n) is 4.63. The van der Waals surface area contributed by atoms with E-state index in [1.807, 2.05) is 24.3 Å². The summed E-state index contributed by atoms with van der Waals surface area (Å²) in [5, 5.41) is 0.500. The molecule has 0 unspecified atom stereocenters. The molecule has 4 rings (SSSR count). The standard InChI is InChI=1S/C19H17NO5S/c1-24-16-8-4-7-14-11-17(19(21)25-18(14)16)26(22,23)20-10-9-13-5-2-3-6-15(13)12-20/h2-8,11H,9-10,12H2,1H3. The molecule has 1 aliphatic heterocycles. The van der Waals surface area contributed by atoms with Crippen LogP contribution in [0.5, 0.6) is 5.75 Å². The Morgan fingerprint density at radius 2 is 1.85 bits per heavy atom. The Morgan fingerprint density at radius 1 is 1.08 bits per heavy atom. The molecule has 134 valence electrons. The highest BCUT2D eigenvalue weighted by atomic mass is 32.2. The minimum Gasteiger partial charge on any atom is -0.493 e. The molecule has 1 aromatic heterocycles. The molecule has 26 heavy (non-hydrogen) atoms. The lowest BCUT2D eigenvalue weighted by molar-refractivity contribution is 0.386. The van der Waals surface area contributed by atoms with Crippen LogP contribution < -0.4 is 10.4 Å². The molecule has 0 saturated carbocycles. The maximum absolute atomic E-state index is 13.1. The number of para-hydroxylation sites is 1. The fourth-order valence-corrected chi connectivity index (χ4v) is 4.70. The Labute approximate surface area is 150 Å². The summed E-state index contributed by atoms with van der Waals surface area (Å²) < 4.78 is 37.9. The Hall–Kier alpha value is -2.64. The second-order valence-corrected chi connectivity index (χ2v) is 8.04. The fraction of sp³-hybridized carbons (Fsp3) is 0.211. The van der Waals surface area contributed by atoms with Crippen LogP contribution in [-0.4, -0.2) is 26.4 Å². The first kappa shape index (κ1) is 16.8. The van der Waals surface area contributed by atoms with E-state index in [9.17, 15) is 13.2 Å². The van der Waals surface area contributed by atoms with Crippen LogP contribution in [0.15, 0.2) is 62.6 Å². The number of methoxy groups -OCH3 is 1. The summed E-state index contributed by atoms with van der Waals surface area (Å²) in [6, 6.07) is 14.1. The molecule has 1 aliphatic rings. The van der Waals surface area contributed by atoms with Crippen LogP contribution in [0.4, 0.5) is 0 Å². The molecule has 0 atom stereocenters. The topological polar surface area (TPSA) is 76.8 Å². The van der Waals surface area contributed by atoms with Gasteiger partial charge in [0.1, 0.15) is 0 Å². The van der Waals surface area contributed by atoms with Gasteiger partial charge in [-0.3, -0.25) is 0 Å². The van der Waals surface area contributed by atoms with Gasteiger partial charge < -0.3 is 9.15 Å². The van der Waals surface area contributed by atoms with Gasteiger partial charge in [0.15, 0.2) is 16.2 Å². The molecule has 0 bridgehead atoms. The van der Waals surface area contributed by atoms with Crippen LogP contribution in [-0.2, 0) is 23.0 Å². The number of benzene rings is 2. The molecule has 3 aromatic rings. The largest absolute Gasteiger partial charge is 0.493 e. The van der Waals surface area contributed by atoms with Gasteiger partial charge in [-0.2, -0.15) is 4.31 Å². The lowest BCUT2D eigenvalue weighted by Gasteiger charge is -2.27. The molecular formula is C19H17NO5S. The Kier molecular flexibility index (Phi) is 4.05. The second-order valence-electron chi connectivity index (χ2n) is 6.13. The first-order chi connectivity index (χ1) is 12.5. The van der Waals surface area contributed by atoms with E-state index in [4.69, 9.17) is 9.15 Å². The van der Waals surface area contributed by atoms with Crippen molar-refractivity contribution in [1.29, 1.82) is 0 Å². The normalized spacial score (nSPS) is 15.0. The summed E-state index contributed by atoms with van der Waals surface area (Å²) in [5.74, 6) is 0.385. The molecule has 2 aromatic carbocycles. The van der Waals surface area contributed by atoms with Crippen LogP contribution >= 0.6 is 0 Å². The van der Waals surface area contributed by atoms with Gasteiger partial charge in [-0.25, -0.2) is 13.2 Å². The van der Waals surface area contributed by atoms with Crippen molar-refractivity contribution < 1.29 is 17.6 Å². The zero-order valence-electron chi connectivity index (χ0n) is 14.1. The predicted octanol–water partition coefficient (Wildman–Crippen LogP) is 2.55. The van der Waals surface area contributed by atoms with E-state index in [2.05, 4.69) is 0 Å². The number of rotatable bonds is 3. The van der Waals surface area contributed by atoms with Crippen molar-refractivity contribution in [3.63, 3.8) is 0 Å². The van der Waals surface area contributed by atoms with Gasteiger partial charge >= 0.3 is 5.63 Å². The molecule has 7 heteroatoms. The van der Waals surface area contributed by atoms with Gasteiger partial charge in [-0.1, -0.05) is 36.4 Å². The van der Waals surface area contributed by atoms with E-state index in [0.29, 0.717) is 24.1 Å². The van der Waals surface area contributed by atoms with Crippen LogP contribution in [0.2, 0.25) is 0 Å². The van der Waals surface area contributed by atoms with Crippen LogP contribution in [0, 0.1) is 0 Å². The smallest absolute Gasteiger partial charge is 0.356 e. The lowest BCUT2D eigenvalue weighted by atomic mass is 10.0. The lowest BCUT2D eigenvalue weighted by Crippen LogP contribution is -2.37. The van der Waals surface area contributed by atoms with Crippen LogP contribution in [0.3, 0.4) is 0 Å². The minimum atomic E-state index is -3.96. The molecule has 0 saturated heterocycles.